The van der Waals surface area contributed by atoms with E-state index in [9.17, 15) is 0 Å². The van der Waals surface area contributed by atoms with Crippen molar-refractivity contribution in [3.8, 4) is 5.75 Å². The minimum atomic E-state index is 0.367. The highest BCUT2D eigenvalue weighted by Crippen LogP contribution is 2.43. The van der Waals surface area contributed by atoms with E-state index in [0.29, 0.717) is 17.9 Å². The molecule has 1 aromatic rings. The van der Waals surface area contributed by atoms with Crippen molar-refractivity contribution in [1.29, 1.82) is 0 Å². The number of methoxy groups -OCH3 is 1. The molecular formula is C21H35N3O2. The zero-order valence-electron chi connectivity index (χ0n) is 16.8. The Morgan fingerprint density at radius 2 is 2.00 bits per heavy atom. The first-order chi connectivity index (χ1) is 12.6. The molecule has 0 atom stereocenters. The second-order valence-electron chi connectivity index (χ2n) is 7.69. The van der Waals surface area contributed by atoms with E-state index in [1.54, 1.807) is 7.11 Å². The zero-order chi connectivity index (χ0) is 18.8. The van der Waals surface area contributed by atoms with Crippen molar-refractivity contribution in [2.24, 2.45) is 16.3 Å². The van der Waals surface area contributed by atoms with Crippen LogP contribution in [0.5, 0.6) is 5.75 Å². The molecule has 0 aromatic heterocycles. The Hall–Kier alpha value is -1.75. The van der Waals surface area contributed by atoms with E-state index in [1.807, 2.05) is 25.2 Å². The van der Waals surface area contributed by atoms with Gasteiger partial charge in [-0.05, 0) is 36.7 Å². The minimum Gasteiger partial charge on any atom is -0.493 e. The molecule has 1 aliphatic rings. The molecule has 0 heterocycles. The molecule has 0 unspecified atom stereocenters. The SMILES string of the molecule is CN=C(NCc1ccccc1OCC(C)C)NCC1(CCOC)CCC1. The normalized spacial score (nSPS) is 16.3. The van der Waals surface area contributed by atoms with E-state index in [1.165, 1.54) is 19.3 Å². The van der Waals surface area contributed by atoms with Gasteiger partial charge in [-0.2, -0.15) is 0 Å². The van der Waals surface area contributed by atoms with Crippen molar-refractivity contribution < 1.29 is 9.47 Å². The highest BCUT2D eigenvalue weighted by molar-refractivity contribution is 5.79. The summed E-state index contributed by atoms with van der Waals surface area (Å²) in [6.07, 6.45) is 4.97. The van der Waals surface area contributed by atoms with Gasteiger partial charge in [0.15, 0.2) is 5.96 Å². The van der Waals surface area contributed by atoms with Gasteiger partial charge in [0.25, 0.3) is 0 Å². The van der Waals surface area contributed by atoms with Crippen LogP contribution in [0.25, 0.3) is 0 Å². The van der Waals surface area contributed by atoms with E-state index in [2.05, 4.69) is 35.5 Å². The van der Waals surface area contributed by atoms with E-state index in [0.717, 1.165) is 43.5 Å². The summed E-state index contributed by atoms with van der Waals surface area (Å²) in [5.41, 5.74) is 1.51. The van der Waals surface area contributed by atoms with Gasteiger partial charge in [0, 0.05) is 39.4 Å². The van der Waals surface area contributed by atoms with Crippen molar-refractivity contribution in [2.75, 3.05) is 33.9 Å². The largest absolute Gasteiger partial charge is 0.493 e. The molecular weight excluding hydrogens is 326 g/mol. The van der Waals surface area contributed by atoms with Gasteiger partial charge in [-0.25, -0.2) is 0 Å². The molecule has 1 aliphatic carbocycles. The molecule has 1 fully saturated rings. The third-order valence-corrected chi connectivity index (χ3v) is 5.10. The van der Waals surface area contributed by atoms with Crippen molar-refractivity contribution in [1.82, 2.24) is 10.6 Å². The first-order valence-electron chi connectivity index (χ1n) is 9.73. The Bertz CT molecular complexity index is 568. The second-order valence-corrected chi connectivity index (χ2v) is 7.69. The molecule has 2 N–H and O–H groups in total. The zero-order valence-corrected chi connectivity index (χ0v) is 16.8. The predicted molar refractivity (Wildman–Crippen MR) is 108 cm³/mol. The Morgan fingerprint density at radius 3 is 2.62 bits per heavy atom. The highest BCUT2D eigenvalue weighted by atomic mass is 16.5. The Kier molecular flexibility index (Phi) is 8.23. The van der Waals surface area contributed by atoms with Gasteiger partial charge in [0.05, 0.1) is 6.61 Å². The highest BCUT2D eigenvalue weighted by Gasteiger charge is 2.36. The Morgan fingerprint density at radius 1 is 1.23 bits per heavy atom. The van der Waals surface area contributed by atoms with Gasteiger partial charge in [-0.15, -0.1) is 0 Å². The molecule has 5 heteroatoms. The number of hydrogen-bond donors (Lipinski definition) is 2. The van der Waals surface area contributed by atoms with Crippen molar-refractivity contribution in [2.45, 2.75) is 46.1 Å². The van der Waals surface area contributed by atoms with Gasteiger partial charge in [0.1, 0.15) is 5.75 Å². The summed E-state index contributed by atoms with van der Waals surface area (Å²) in [4.78, 5) is 4.37. The summed E-state index contributed by atoms with van der Waals surface area (Å²) >= 11 is 0. The molecule has 26 heavy (non-hydrogen) atoms. The molecule has 5 nitrogen and oxygen atoms in total. The molecule has 0 amide bonds. The lowest BCUT2D eigenvalue weighted by atomic mass is 9.67. The number of aliphatic imine (C=N–C) groups is 1. The van der Waals surface area contributed by atoms with E-state index >= 15 is 0 Å². The summed E-state index contributed by atoms with van der Waals surface area (Å²) in [6.45, 7) is 7.51. The third kappa shape index (κ3) is 6.20. The molecule has 146 valence electrons. The number of ether oxygens (including phenoxy) is 2. The van der Waals surface area contributed by atoms with E-state index < -0.39 is 0 Å². The molecule has 0 radical (unpaired) electrons. The van der Waals surface area contributed by atoms with Crippen LogP contribution in [-0.2, 0) is 11.3 Å². The van der Waals surface area contributed by atoms with Crippen LogP contribution in [0, 0.1) is 11.3 Å². The van der Waals surface area contributed by atoms with Gasteiger partial charge < -0.3 is 20.1 Å². The first-order valence-corrected chi connectivity index (χ1v) is 9.73. The summed E-state index contributed by atoms with van der Waals surface area (Å²) in [7, 11) is 3.60. The van der Waals surface area contributed by atoms with Gasteiger partial charge in [-0.1, -0.05) is 38.5 Å². The maximum Gasteiger partial charge on any atom is 0.191 e. The second kappa shape index (κ2) is 10.4. The van der Waals surface area contributed by atoms with Gasteiger partial charge in [0.2, 0.25) is 0 Å². The Balaban J connectivity index is 1.85. The minimum absolute atomic E-state index is 0.367. The fourth-order valence-corrected chi connectivity index (χ4v) is 3.23. The predicted octanol–water partition coefficient (Wildman–Crippen LogP) is 3.59. The van der Waals surface area contributed by atoms with Crippen molar-refractivity contribution in [3.63, 3.8) is 0 Å². The lowest BCUT2D eigenvalue weighted by Crippen LogP contribution is -2.46. The molecule has 2 rings (SSSR count). The first kappa shape index (κ1) is 20.6. The monoisotopic (exact) mass is 361 g/mol. The third-order valence-electron chi connectivity index (χ3n) is 5.10. The molecule has 0 saturated heterocycles. The van der Waals surface area contributed by atoms with Crippen LogP contribution in [0.3, 0.4) is 0 Å². The maximum atomic E-state index is 5.94. The van der Waals surface area contributed by atoms with Crippen LogP contribution < -0.4 is 15.4 Å². The molecule has 0 spiro atoms. The number of guanidine groups is 1. The van der Waals surface area contributed by atoms with E-state index in [4.69, 9.17) is 9.47 Å². The standard InChI is InChI=1S/C21H35N3O2/c1-17(2)15-26-19-9-6-5-8-18(19)14-23-20(22-3)24-16-21(10-7-11-21)12-13-25-4/h5-6,8-9,17H,7,10-16H2,1-4H3,(H2,22,23,24). The fourth-order valence-electron chi connectivity index (χ4n) is 3.23. The van der Waals surface area contributed by atoms with Crippen molar-refractivity contribution in [3.05, 3.63) is 29.8 Å². The molecule has 1 aromatic carbocycles. The molecule has 0 bridgehead atoms. The maximum absolute atomic E-state index is 5.94. The average Bonchev–Trinajstić information content (AvgIpc) is 2.61. The van der Waals surface area contributed by atoms with Crippen LogP contribution in [0.1, 0.15) is 45.1 Å². The lowest BCUT2D eigenvalue weighted by molar-refractivity contribution is 0.0732. The number of hydrogen-bond acceptors (Lipinski definition) is 3. The van der Waals surface area contributed by atoms with Crippen molar-refractivity contribution >= 4 is 5.96 Å². The number of rotatable bonds is 10. The summed E-state index contributed by atoms with van der Waals surface area (Å²) in [5, 5.41) is 6.92. The summed E-state index contributed by atoms with van der Waals surface area (Å²) in [6, 6.07) is 8.19. The van der Waals surface area contributed by atoms with Gasteiger partial charge in [-0.3, -0.25) is 4.99 Å². The van der Waals surface area contributed by atoms with Crippen LogP contribution in [0.4, 0.5) is 0 Å². The molecule has 1 saturated carbocycles. The molecule has 0 aliphatic heterocycles. The lowest BCUT2D eigenvalue weighted by Gasteiger charge is -2.42. The topological polar surface area (TPSA) is 54.9 Å². The smallest absolute Gasteiger partial charge is 0.191 e. The number of nitrogens with zero attached hydrogens (tertiary/aromatic N) is 1. The summed E-state index contributed by atoms with van der Waals surface area (Å²) in [5.74, 6) is 2.29. The van der Waals surface area contributed by atoms with Crippen LogP contribution >= 0.6 is 0 Å². The van der Waals surface area contributed by atoms with E-state index in [-0.39, 0.29) is 0 Å². The number of para-hydroxylation sites is 1. The number of nitrogens with one attached hydrogen (secondary N) is 2. The number of benzene rings is 1. The Labute approximate surface area is 158 Å². The van der Waals surface area contributed by atoms with Crippen LogP contribution in [0.15, 0.2) is 29.3 Å². The quantitative estimate of drug-likeness (QED) is 0.494. The van der Waals surface area contributed by atoms with Gasteiger partial charge >= 0.3 is 0 Å². The van der Waals surface area contributed by atoms with Crippen LogP contribution in [-0.4, -0.2) is 39.9 Å². The summed E-state index contributed by atoms with van der Waals surface area (Å²) < 4.78 is 11.2. The van der Waals surface area contributed by atoms with Crippen LogP contribution in [0.2, 0.25) is 0 Å². The fraction of sp³-hybridized carbons (Fsp3) is 0.667. The average molecular weight is 362 g/mol.